The van der Waals surface area contributed by atoms with E-state index >= 15 is 0 Å². The van der Waals surface area contributed by atoms with Gasteiger partial charge in [0, 0.05) is 28.4 Å². The van der Waals surface area contributed by atoms with Crippen LogP contribution in [0.3, 0.4) is 0 Å². The number of nitrogens with one attached hydrogen (secondary N) is 1. The number of hydrogen-bond acceptors (Lipinski definition) is 3. The quantitative estimate of drug-likeness (QED) is 0.774. The molecule has 1 aliphatic heterocycles. The van der Waals surface area contributed by atoms with Crippen molar-refractivity contribution < 1.29 is 9.53 Å². The van der Waals surface area contributed by atoms with Gasteiger partial charge in [-0.15, -0.1) is 0 Å². The average Bonchev–Trinajstić information content (AvgIpc) is 2.63. The van der Waals surface area contributed by atoms with Gasteiger partial charge < -0.3 is 15.0 Å². The Morgan fingerprint density at radius 2 is 1.96 bits per heavy atom. The van der Waals surface area contributed by atoms with Gasteiger partial charge in [0.25, 0.3) is 5.91 Å². The molecule has 25 heavy (non-hydrogen) atoms. The third-order valence-corrected chi connectivity index (χ3v) is 5.16. The first kappa shape index (κ1) is 17.8. The molecule has 0 saturated carbocycles. The van der Waals surface area contributed by atoms with Crippen molar-refractivity contribution in [1.29, 1.82) is 0 Å². The molecule has 0 unspecified atom stereocenters. The summed E-state index contributed by atoms with van der Waals surface area (Å²) in [6.45, 7) is 3.37. The predicted octanol–water partition coefficient (Wildman–Crippen LogP) is 5.09. The highest BCUT2D eigenvalue weighted by Crippen LogP contribution is 2.27. The number of halogens is 1. The molecule has 1 fully saturated rings. The van der Waals surface area contributed by atoms with Crippen molar-refractivity contribution in [3.8, 4) is 5.75 Å². The molecule has 0 spiro atoms. The molecular weight excluding hydrogens is 380 g/mol. The molecule has 1 amide bonds. The Hall–Kier alpha value is -2.01. The fourth-order valence-corrected chi connectivity index (χ4v) is 3.64. The molecule has 0 aliphatic carbocycles. The lowest BCUT2D eigenvalue weighted by Crippen LogP contribution is -2.37. The molecule has 1 N–H and O–H groups in total. The Morgan fingerprint density at radius 3 is 2.64 bits per heavy atom. The third kappa shape index (κ3) is 4.15. The Kier molecular flexibility index (Phi) is 5.63. The normalized spacial score (nSPS) is 17.2. The average molecular weight is 403 g/mol. The van der Waals surface area contributed by atoms with E-state index in [1.54, 1.807) is 19.2 Å². The van der Waals surface area contributed by atoms with Crippen molar-refractivity contribution in [2.75, 3.05) is 23.9 Å². The number of carbonyl (C=O) groups excluding carboxylic acids is 1. The highest BCUT2D eigenvalue weighted by molar-refractivity contribution is 9.10. The molecular formula is C20H23BrN2O2. The van der Waals surface area contributed by atoms with Gasteiger partial charge in [-0.1, -0.05) is 15.9 Å². The van der Waals surface area contributed by atoms with Gasteiger partial charge in [0.2, 0.25) is 0 Å². The first-order valence-electron chi connectivity index (χ1n) is 8.60. The lowest BCUT2D eigenvalue weighted by molar-refractivity contribution is 0.102. The second-order valence-electron chi connectivity index (χ2n) is 6.38. The molecule has 1 aliphatic rings. The summed E-state index contributed by atoms with van der Waals surface area (Å²) >= 11 is 3.40. The minimum Gasteiger partial charge on any atom is -0.496 e. The Morgan fingerprint density at radius 1 is 1.20 bits per heavy atom. The van der Waals surface area contributed by atoms with Gasteiger partial charge in [0.1, 0.15) is 5.75 Å². The van der Waals surface area contributed by atoms with E-state index in [0.717, 1.165) is 16.7 Å². The van der Waals surface area contributed by atoms with Crippen molar-refractivity contribution in [1.82, 2.24) is 0 Å². The van der Waals surface area contributed by atoms with Crippen LogP contribution < -0.4 is 15.0 Å². The van der Waals surface area contributed by atoms with Gasteiger partial charge in [-0.25, -0.2) is 0 Å². The number of rotatable bonds is 4. The number of hydrogen-bond donors (Lipinski definition) is 1. The van der Waals surface area contributed by atoms with Crippen molar-refractivity contribution in [2.24, 2.45) is 0 Å². The number of carbonyl (C=O) groups is 1. The van der Waals surface area contributed by atoms with Crippen LogP contribution in [0.2, 0.25) is 0 Å². The van der Waals surface area contributed by atoms with E-state index in [2.05, 4.69) is 45.2 Å². The summed E-state index contributed by atoms with van der Waals surface area (Å²) in [7, 11) is 1.56. The molecule has 2 aromatic rings. The monoisotopic (exact) mass is 402 g/mol. The summed E-state index contributed by atoms with van der Waals surface area (Å²) in [6.07, 6.45) is 3.78. The Balaban J connectivity index is 1.73. The summed E-state index contributed by atoms with van der Waals surface area (Å²) in [6, 6.07) is 14.0. The smallest absolute Gasteiger partial charge is 0.259 e. The minimum absolute atomic E-state index is 0.183. The van der Waals surface area contributed by atoms with Gasteiger partial charge in [-0.05, 0) is 68.7 Å². The zero-order valence-corrected chi connectivity index (χ0v) is 16.2. The van der Waals surface area contributed by atoms with E-state index in [1.165, 1.54) is 24.9 Å². The van der Waals surface area contributed by atoms with Crippen LogP contribution in [0.5, 0.6) is 5.75 Å². The predicted molar refractivity (Wildman–Crippen MR) is 106 cm³/mol. The summed E-state index contributed by atoms with van der Waals surface area (Å²) in [5, 5.41) is 2.94. The maximum atomic E-state index is 12.6. The van der Waals surface area contributed by atoms with Gasteiger partial charge >= 0.3 is 0 Å². The first-order chi connectivity index (χ1) is 12.1. The van der Waals surface area contributed by atoms with Crippen LogP contribution in [0, 0.1) is 0 Å². The summed E-state index contributed by atoms with van der Waals surface area (Å²) < 4.78 is 6.12. The van der Waals surface area contributed by atoms with E-state index in [-0.39, 0.29) is 5.91 Å². The van der Waals surface area contributed by atoms with Crippen LogP contribution in [0.15, 0.2) is 46.9 Å². The van der Waals surface area contributed by atoms with Crippen LogP contribution in [0.1, 0.15) is 36.5 Å². The lowest BCUT2D eigenvalue weighted by Gasteiger charge is -2.35. The number of piperidine rings is 1. The maximum absolute atomic E-state index is 12.6. The third-order valence-electron chi connectivity index (χ3n) is 4.67. The molecule has 132 valence electrons. The number of benzene rings is 2. The van der Waals surface area contributed by atoms with Gasteiger partial charge in [0.15, 0.2) is 0 Å². The van der Waals surface area contributed by atoms with Crippen LogP contribution in [-0.2, 0) is 0 Å². The standard InChI is InChI=1S/C20H23BrN2O2/c1-14-5-3-4-12-23(14)17-9-7-16(8-10-17)22-20(24)18-13-15(21)6-11-19(18)25-2/h6-11,13-14H,3-5,12H2,1-2H3,(H,22,24)/t14-/m0/s1. The Labute approximate surface area is 157 Å². The summed E-state index contributed by atoms with van der Waals surface area (Å²) in [4.78, 5) is 15.0. The molecule has 3 rings (SSSR count). The zero-order chi connectivity index (χ0) is 17.8. The van der Waals surface area contributed by atoms with Crippen molar-refractivity contribution in [2.45, 2.75) is 32.2 Å². The molecule has 1 heterocycles. The highest BCUT2D eigenvalue weighted by atomic mass is 79.9. The summed E-state index contributed by atoms with van der Waals surface area (Å²) in [5.41, 5.74) is 2.50. The van der Waals surface area contributed by atoms with Crippen LogP contribution in [0.25, 0.3) is 0 Å². The number of amides is 1. The van der Waals surface area contributed by atoms with Gasteiger partial charge in [0.05, 0.1) is 12.7 Å². The fraction of sp³-hybridized carbons (Fsp3) is 0.350. The molecule has 1 saturated heterocycles. The molecule has 0 aromatic heterocycles. The van der Waals surface area contributed by atoms with E-state index in [1.807, 2.05) is 18.2 Å². The highest BCUT2D eigenvalue weighted by Gasteiger charge is 2.18. The largest absolute Gasteiger partial charge is 0.496 e. The van der Waals surface area contributed by atoms with Gasteiger partial charge in [-0.2, -0.15) is 0 Å². The van der Waals surface area contributed by atoms with Gasteiger partial charge in [-0.3, -0.25) is 4.79 Å². The fourth-order valence-electron chi connectivity index (χ4n) is 3.27. The van der Waals surface area contributed by atoms with Crippen LogP contribution in [-0.4, -0.2) is 25.6 Å². The minimum atomic E-state index is -0.183. The second kappa shape index (κ2) is 7.91. The molecule has 0 radical (unpaired) electrons. The number of nitrogens with zero attached hydrogens (tertiary/aromatic N) is 1. The number of ether oxygens (including phenoxy) is 1. The number of methoxy groups -OCH3 is 1. The molecule has 5 heteroatoms. The first-order valence-corrected chi connectivity index (χ1v) is 9.39. The zero-order valence-electron chi connectivity index (χ0n) is 14.6. The molecule has 2 aromatic carbocycles. The van der Waals surface area contributed by atoms with Crippen molar-refractivity contribution in [3.63, 3.8) is 0 Å². The SMILES string of the molecule is COc1ccc(Br)cc1C(=O)Nc1ccc(N2CCCC[C@@H]2C)cc1. The van der Waals surface area contributed by atoms with Crippen molar-refractivity contribution in [3.05, 3.63) is 52.5 Å². The maximum Gasteiger partial charge on any atom is 0.259 e. The summed E-state index contributed by atoms with van der Waals surface area (Å²) in [5.74, 6) is 0.372. The second-order valence-corrected chi connectivity index (χ2v) is 7.30. The van der Waals surface area contributed by atoms with Crippen molar-refractivity contribution >= 4 is 33.2 Å². The topological polar surface area (TPSA) is 41.6 Å². The molecule has 0 bridgehead atoms. The van der Waals surface area contributed by atoms with Crippen LogP contribution >= 0.6 is 15.9 Å². The van der Waals surface area contributed by atoms with E-state index < -0.39 is 0 Å². The van der Waals surface area contributed by atoms with E-state index in [4.69, 9.17) is 4.74 Å². The van der Waals surface area contributed by atoms with E-state index in [0.29, 0.717) is 17.4 Å². The molecule has 4 nitrogen and oxygen atoms in total. The van der Waals surface area contributed by atoms with Crippen LogP contribution in [0.4, 0.5) is 11.4 Å². The Bertz CT molecular complexity index is 746. The molecule has 1 atom stereocenters. The lowest BCUT2D eigenvalue weighted by atomic mass is 10.0. The van der Waals surface area contributed by atoms with E-state index in [9.17, 15) is 4.79 Å². The number of anilines is 2.